The molecule has 2 aromatic heterocycles. The Hall–Kier alpha value is -2.97. The molecule has 0 fully saturated rings. The molecule has 2 heterocycles. The summed E-state index contributed by atoms with van der Waals surface area (Å²) in [5.74, 6) is 6.02. The van der Waals surface area contributed by atoms with Crippen molar-refractivity contribution in [2.24, 2.45) is 0 Å². The summed E-state index contributed by atoms with van der Waals surface area (Å²) in [7, 11) is 0. The van der Waals surface area contributed by atoms with Crippen molar-refractivity contribution in [1.82, 2.24) is 15.0 Å². The number of halogens is 2. The van der Waals surface area contributed by atoms with Crippen LogP contribution in [-0.2, 0) is 0 Å². The molecule has 0 aliphatic carbocycles. The van der Waals surface area contributed by atoms with E-state index in [4.69, 9.17) is 16.3 Å². The fraction of sp³-hybridized carbons (Fsp3) is 0. The van der Waals surface area contributed by atoms with E-state index in [0.717, 1.165) is 0 Å². The van der Waals surface area contributed by atoms with E-state index in [1.54, 1.807) is 36.7 Å². The molecule has 4 nitrogen and oxygen atoms in total. The average Bonchev–Trinajstić information content (AvgIpc) is 2.53. The van der Waals surface area contributed by atoms with Crippen molar-refractivity contribution in [1.29, 1.82) is 0 Å². The molecule has 3 aromatic rings. The molecule has 0 radical (unpaired) electrons. The Labute approximate surface area is 137 Å². The topological polar surface area (TPSA) is 47.9 Å². The van der Waals surface area contributed by atoms with Gasteiger partial charge in [0, 0.05) is 24.0 Å². The van der Waals surface area contributed by atoms with Gasteiger partial charge < -0.3 is 4.74 Å². The van der Waals surface area contributed by atoms with Gasteiger partial charge >= 0.3 is 0 Å². The van der Waals surface area contributed by atoms with Crippen LogP contribution in [0.2, 0.25) is 5.28 Å². The first kappa shape index (κ1) is 14.9. The Balaban J connectivity index is 1.86. The molecule has 0 N–H and O–H groups in total. The Morgan fingerprint density at radius 1 is 1.04 bits per heavy atom. The van der Waals surface area contributed by atoms with Crippen LogP contribution in [0.3, 0.4) is 0 Å². The normalized spacial score (nSPS) is 9.83. The highest BCUT2D eigenvalue weighted by atomic mass is 35.5. The summed E-state index contributed by atoms with van der Waals surface area (Å²) in [4.78, 5) is 11.7. The van der Waals surface area contributed by atoms with Crippen LogP contribution in [0.5, 0.6) is 11.5 Å². The van der Waals surface area contributed by atoms with E-state index in [1.807, 2.05) is 0 Å². The van der Waals surface area contributed by atoms with E-state index < -0.39 is 5.82 Å². The van der Waals surface area contributed by atoms with Crippen LogP contribution >= 0.6 is 11.6 Å². The van der Waals surface area contributed by atoms with Crippen LogP contribution in [0.25, 0.3) is 0 Å². The van der Waals surface area contributed by atoms with Gasteiger partial charge in [0.25, 0.3) is 0 Å². The molecule has 0 bridgehead atoms. The average molecular weight is 326 g/mol. The van der Waals surface area contributed by atoms with E-state index in [0.29, 0.717) is 22.8 Å². The van der Waals surface area contributed by atoms with Gasteiger partial charge in [0.15, 0.2) is 0 Å². The molecule has 0 aliphatic rings. The first-order valence-electron chi connectivity index (χ1n) is 6.58. The molecule has 1 aromatic carbocycles. The second-order valence-electron chi connectivity index (χ2n) is 4.43. The van der Waals surface area contributed by atoms with Crippen LogP contribution in [0.1, 0.15) is 11.3 Å². The summed E-state index contributed by atoms with van der Waals surface area (Å²) >= 11 is 5.69. The summed E-state index contributed by atoms with van der Waals surface area (Å²) in [6.45, 7) is 0. The van der Waals surface area contributed by atoms with E-state index in [2.05, 4.69) is 26.8 Å². The highest BCUT2D eigenvalue weighted by Gasteiger charge is 2.02. The fourth-order valence-electron chi connectivity index (χ4n) is 1.78. The third-order valence-corrected chi connectivity index (χ3v) is 2.88. The van der Waals surface area contributed by atoms with Gasteiger partial charge in [-0.2, -0.15) is 0 Å². The van der Waals surface area contributed by atoms with Gasteiger partial charge in [0.05, 0.1) is 6.20 Å². The minimum absolute atomic E-state index is 0.108. The SMILES string of the molecule is Fc1cc(C#Cc2ccnc(Cl)n2)cc(Oc2cccnc2)c1. The van der Waals surface area contributed by atoms with Crippen molar-refractivity contribution in [3.8, 4) is 23.3 Å². The highest BCUT2D eigenvalue weighted by Crippen LogP contribution is 2.22. The maximum atomic E-state index is 13.7. The van der Waals surface area contributed by atoms with E-state index in [-0.39, 0.29) is 5.28 Å². The molecule has 3 rings (SSSR count). The Kier molecular flexibility index (Phi) is 4.46. The quantitative estimate of drug-likeness (QED) is 0.530. The number of aromatic nitrogens is 3. The molecular weight excluding hydrogens is 317 g/mol. The monoisotopic (exact) mass is 325 g/mol. The number of ether oxygens (including phenoxy) is 1. The van der Waals surface area contributed by atoms with Crippen molar-refractivity contribution in [2.45, 2.75) is 0 Å². The van der Waals surface area contributed by atoms with Crippen molar-refractivity contribution in [3.63, 3.8) is 0 Å². The fourth-order valence-corrected chi connectivity index (χ4v) is 1.93. The highest BCUT2D eigenvalue weighted by molar-refractivity contribution is 6.28. The molecule has 0 amide bonds. The molecule has 6 heteroatoms. The Morgan fingerprint density at radius 3 is 2.74 bits per heavy atom. The minimum atomic E-state index is -0.448. The zero-order chi connectivity index (χ0) is 16.1. The van der Waals surface area contributed by atoms with Crippen molar-refractivity contribution in [2.75, 3.05) is 0 Å². The van der Waals surface area contributed by atoms with Crippen LogP contribution in [0.15, 0.2) is 55.0 Å². The summed E-state index contributed by atoms with van der Waals surface area (Å²) < 4.78 is 19.3. The standard InChI is InChI=1S/C17H9ClFN3O/c18-17-21-7-5-14(22-17)4-3-12-8-13(19)10-16(9-12)23-15-2-1-6-20-11-15/h1-2,5-11H. The number of nitrogens with zero attached hydrogens (tertiary/aromatic N) is 3. The van der Waals surface area contributed by atoms with E-state index in [9.17, 15) is 4.39 Å². The molecule has 0 unspecified atom stereocenters. The van der Waals surface area contributed by atoms with Crippen LogP contribution in [0, 0.1) is 17.7 Å². The third-order valence-electron chi connectivity index (χ3n) is 2.70. The van der Waals surface area contributed by atoms with Gasteiger partial charge in [-0.05, 0) is 47.9 Å². The lowest BCUT2D eigenvalue weighted by Gasteiger charge is -2.05. The summed E-state index contributed by atoms with van der Waals surface area (Å²) in [6.07, 6.45) is 4.67. The number of benzene rings is 1. The molecule has 0 saturated carbocycles. The van der Waals surface area contributed by atoms with Gasteiger partial charge in [-0.25, -0.2) is 14.4 Å². The number of hydrogen-bond donors (Lipinski definition) is 0. The molecule has 0 atom stereocenters. The largest absolute Gasteiger partial charge is 0.456 e. The van der Waals surface area contributed by atoms with E-state index in [1.165, 1.54) is 18.3 Å². The lowest BCUT2D eigenvalue weighted by Crippen LogP contribution is -1.89. The second kappa shape index (κ2) is 6.86. The third kappa shape index (κ3) is 4.25. The minimum Gasteiger partial charge on any atom is -0.456 e. The van der Waals surface area contributed by atoms with Crippen molar-refractivity contribution >= 4 is 11.6 Å². The van der Waals surface area contributed by atoms with Crippen molar-refractivity contribution < 1.29 is 9.13 Å². The van der Waals surface area contributed by atoms with Crippen LogP contribution < -0.4 is 4.74 Å². The zero-order valence-electron chi connectivity index (χ0n) is 11.7. The van der Waals surface area contributed by atoms with Gasteiger partial charge in [-0.1, -0.05) is 5.92 Å². The predicted octanol–water partition coefficient (Wildman–Crippen LogP) is 3.86. The first-order chi connectivity index (χ1) is 11.2. The molecule has 0 aliphatic heterocycles. The van der Waals surface area contributed by atoms with Crippen LogP contribution in [0.4, 0.5) is 4.39 Å². The maximum absolute atomic E-state index is 13.7. The van der Waals surface area contributed by atoms with Gasteiger partial charge in [0.2, 0.25) is 5.28 Å². The summed E-state index contributed by atoms with van der Waals surface area (Å²) in [5.41, 5.74) is 0.905. The van der Waals surface area contributed by atoms with Gasteiger partial charge in [0.1, 0.15) is 23.0 Å². The number of rotatable bonds is 2. The summed E-state index contributed by atoms with van der Waals surface area (Å²) in [6, 6.07) is 9.29. The van der Waals surface area contributed by atoms with E-state index >= 15 is 0 Å². The second-order valence-corrected chi connectivity index (χ2v) is 4.77. The molecule has 0 spiro atoms. The van der Waals surface area contributed by atoms with Gasteiger partial charge in [-0.15, -0.1) is 0 Å². The van der Waals surface area contributed by atoms with Crippen LogP contribution in [-0.4, -0.2) is 15.0 Å². The lowest BCUT2D eigenvalue weighted by atomic mass is 10.2. The molecule has 0 saturated heterocycles. The molecule has 112 valence electrons. The molecule has 23 heavy (non-hydrogen) atoms. The zero-order valence-corrected chi connectivity index (χ0v) is 12.5. The number of hydrogen-bond acceptors (Lipinski definition) is 4. The smallest absolute Gasteiger partial charge is 0.223 e. The summed E-state index contributed by atoms with van der Waals surface area (Å²) in [5, 5.41) is 0.108. The van der Waals surface area contributed by atoms with Gasteiger partial charge in [-0.3, -0.25) is 4.98 Å². The predicted molar refractivity (Wildman–Crippen MR) is 83.7 cm³/mol. The number of pyridine rings is 1. The first-order valence-corrected chi connectivity index (χ1v) is 6.96. The maximum Gasteiger partial charge on any atom is 0.223 e. The Morgan fingerprint density at radius 2 is 1.96 bits per heavy atom. The molecular formula is C17H9ClFN3O. The van der Waals surface area contributed by atoms with Crippen molar-refractivity contribution in [3.05, 3.63) is 77.3 Å². The Bertz CT molecular complexity index is 891. The lowest BCUT2D eigenvalue weighted by molar-refractivity contribution is 0.474.